The van der Waals surface area contributed by atoms with E-state index in [0.29, 0.717) is 6.61 Å². The molecule has 0 amide bonds. The van der Waals surface area contributed by atoms with Gasteiger partial charge in [-0.1, -0.05) is 29.8 Å². The third-order valence-corrected chi connectivity index (χ3v) is 3.41. The van der Waals surface area contributed by atoms with Gasteiger partial charge >= 0.3 is 0 Å². The Balaban J connectivity index is 1.84. The Labute approximate surface area is 113 Å². The maximum absolute atomic E-state index is 5.85. The molecule has 2 heteroatoms. The summed E-state index contributed by atoms with van der Waals surface area (Å²) >= 11 is 0. The van der Waals surface area contributed by atoms with E-state index >= 15 is 0 Å². The molecule has 19 heavy (non-hydrogen) atoms. The van der Waals surface area contributed by atoms with Crippen LogP contribution in [0.5, 0.6) is 5.75 Å². The fraction of sp³-hybridized carbons (Fsp3) is 0.176. The highest BCUT2D eigenvalue weighted by molar-refractivity contribution is 5.86. The smallest absolute Gasteiger partial charge is 0.119 e. The van der Waals surface area contributed by atoms with Gasteiger partial charge in [-0.05, 0) is 37.6 Å². The Bertz CT molecular complexity index is 695. The molecule has 0 saturated heterocycles. The highest BCUT2D eigenvalue weighted by atomic mass is 16.5. The zero-order valence-electron chi connectivity index (χ0n) is 11.2. The Morgan fingerprint density at radius 3 is 2.58 bits per heavy atom. The van der Waals surface area contributed by atoms with Crippen molar-refractivity contribution >= 4 is 10.9 Å². The van der Waals surface area contributed by atoms with E-state index in [2.05, 4.69) is 49.2 Å². The minimum Gasteiger partial charge on any atom is -0.489 e. The molecule has 0 radical (unpaired) electrons. The molecule has 1 heterocycles. The van der Waals surface area contributed by atoms with Gasteiger partial charge in [0.05, 0.1) is 0 Å². The van der Waals surface area contributed by atoms with E-state index in [-0.39, 0.29) is 0 Å². The van der Waals surface area contributed by atoms with E-state index in [1.165, 1.54) is 27.6 Å². The highest BCUT2D eigenvalue weighted by Crippen LogP contribution is 2.23. The summed E-state index contributed by atoms with van der Waals surface area (Å²) in [6, 6.07) is 14.4. The van der Waals surface area contributed by atoms with E-state index in [4.69, 9.17) is 4.74 Å². The Morgan fingerprint density at radius 1 is 1.00 bits per heavy atom. The van der Waals surface area contributed by atoms with E-state index in [9.17, 15) is 0 Å². The molecule has 0 fully saturated rings. The van der Waals surface area contributed by atoms with Gasteiger partial charge in [0.2, 0.25) is 0 Å². The number of aryl methyl sites for hydroxylation is 2. The van der Waals surface area contributed by atoms with Crippen molar-refractivity contribution in [1.82, 2.24) is 4.98 Å². The van der Waals surface area contributed by atoms with Gasteiger partial charge in [0, 0.05) is 22.7 Å². The molecule has 0 aliphatic heterocycles. The van der Waals surface area contributed by atoms with E-state index < -0.39 is 0 Å². The van der Waals surface area contributed by atoms with Gasteiger partial charge in [0.15, 0.2) is 0 Å². The second-order valence-corrected chi connectivity index (χ2v) is 4.91. The van der Waals surface area contributed by atoms with Crippen LogP contribution in [0.1, 0.15) is 16.7 Å². The number of aromatic amines is 1. The molecule has 1 aromatic heterocycles. The van der Waals surface area contributed by atoms with Crippen molar-refractivity contribution in [1.29, 1.82) is 0 Å². The number of aromatic nitrogens is 1. The molecule has 0 aliphatic rings. The Morgan fingerprint density at radius 2 is 1.79 bits per heavy atom. The van der Waals surface area contributed by atoms with Gasteiger partial charge in [0.1, 0.15) is 12.4 Å². The molecule has 0 spiro atoms. The van der Waals surface area contributed by atoms with Crippen molar-refractivity contribution in [2.24, 2.45) is 0 Å². The average Bonchev–Trinajstić information content (AvgIpc) is 2.83. The van der Waals surface area contributed by atoms with E-state index in [1.54, 1.807) is 0 Å². The first-order valence-electron chi connectivity index (χ1n) is 6.49. The fourth-order valence-corrected chi connectivity index (χ4v) is 2.36. The lowest BCUT2D eigenvalue weighted by Gasteiger charge is -2.06. The topological polar surface area (TPSA) is 25.0 Å². The molecule has 96 valence electrons. The number of rotatable bonds is 3. The Hall–Kier alpha value is -2.22. The van der Waals surface area contributed by atoms with Crippen LogP contribution in [0.25, 0.3) is 10.9 Å². The number of nitrogens with one attached hydrogen (secondary N) is 1. The highest BCUT2D eigenvalue weighted by Gasteiger charge is 2.06. The number of hydrogen-bond acceptors (Lipinski definition) is 1. The van der Waals surface area contributed by atoms with Gasteiger partial charge in [-0.25, -0.2) is 0 Å². The van der Waals surface area contributed by atoms with Crippen molar-refractivity contribution in [3.8, 4) is 5.75 Å². The molecule has 1 N–H and O–H groups in total. The minimum absolute atomic E-state index is 0.591. The zero-order valence-corrected chi connectivity index (χ0v) is 11.2. The second kappa shape index (κ2) is 4.81. The first-order valence-corrected chi connectivity index (χ1v) is 6.49. The molecule has 0 aliphatic carbocycles. The van der Waals surface area contributed by atoms with Crippen LogP contribution < -0.4 is 4.74 Å². The van der Waals surface area contributed by atoms with Crippen molar-refractivity contribution in [2.75, 3.05) is 0 Å². The molecule has 2 nitrogen and oxygen atoms in total. The number of benzene rings is 2. The third-order valence-electron chi connectivity index (χ3n) is 3.41. The maximum Gasteiger partial charge on any atom is 0.119 e. The largest absolute Gasteiger partial charge is 0.489 e. The molecule has 0 bridgehead atoms. The molecule has 2 aromatic carbocycles. The van der Waals surface area contributed by atoms with Crippen molar-refractivity contribution in [2.45, 2.75) is 20.5 Å². The molecular weight excluding hydrogens is 234 g/mol. The lowest BCUT2D eigenvalue weighted by molar-refractivity contribution is 0.307. The lowest BCUT2D eigenvalue weighted by Crippen LogP contribution is -1.95. The maximum atomic E-state index is 5.85. The lowest BCUT2D eigenvalue weighted by atomic mass is 10.1. The van der Waals surface area contributed by atoms with Crippen molar-refractivity contribution in [3.05, 3.63) is 65.4 Å². The first-order chi connectivity index (χ1) is 9.24. The summed E-state index contributed by atoms with van der Waals surface area (Å²) in [7, 11) is 0. The van der Waals surface area contributed by atoms with Crippen LogP contribution in [-0.4, -0.2) is 4.98 Å². The van der Waals surface area contributed by atoms with Gasteiger partial charge < -0.3 is 9.72 Å². The van der Waals surface area contributed by atoms with Crippen LogP contribution >= 0.6 is 0 Å². The predicted octanol–water partition coefficient (Wildman–Crippen LogP) is 4.36. The predicted molar refractivity (Wildman–Crippen MR) is 78.5 cm³/mol. The quantitative estimate of drug-likeness (QED) is 0.735. The van der Waals surface area contributed by atoms with Crippen LogP contribution in [0.2, 0.25) is 0 Å². The van der Waals surface area contributed by atoms with E-state index in [1.807, 2.05) is 18.3 Å². The summed E-state index contributed by atoms with van der Waals surface area (Å²) in [5.41, 5.74) is 4.90. The van der Waals surface area contributed by atoms with Gasteiger partial charge in [0.25, 0.3) is 0 Å². The van der Waals surface area contributed by atoms with Gasteiger partial charge in [-0.2, -0.15) is 0 Å². The van der Waals surface area contributed by atoms with Crippen molar-refractivity contribution in [3.63, 3.8) is 0 Å². The first kappa shape index (κ1) is 11.8. The second-order valence-electron chi connectivity index (χ2n) is 4.91. The molecule has 0 atom stereocenters. The van der Waals surface area contributed by atoms with E-state index in [0.717, 1.165) is 5.75 Å². The number of hydrogen-bond donors (Lipinski definition) is 1. The average molecular weight is 251 g/mol. The summed E-state index contributed by atoms with van der Waals surface area (Å²) in [6.45, 7) is 4.80. The van der Waals surface area contributed by atoms with Crippen molar-refractivity contribution < 1.29 is 4.74 Å². The summed E-state index contributed by atoms with van der Waals surface area (Å²) in [5.74, 6) is 0.911. The normalized spacial score (nSPS) is 10.8. The summed E-state index contributed by atoms with van der Waals surface area (Å²) in [4.78, 5) is 3.29. The molecule has 3 rings (SSSR count). The number of fused-ring (bicyclic) bond motifs is 1. The summed E-state index contributed by atoms with van der Waals surface area (Å²) in [6.07, 6.45) is 2.03. The van der Waals surface area contributed by atoms with Crippen LogP contribution in [0, 0.1) is 13.8 Å². The fourth-order valence-electron chi connectivity index (χ4n) is 2.36. The van der Waals surface area contributed by atoms with Gasteiger partial charge in [-0.3, -0.25) is 0 Å². The summed E-state index contributed by atoms with van der Waals surface area (Å²) in [5, 5.41) is 1.27. The molecule has 0 unspecified atom stereocenters. The number of ether oxygens (including phenoxy) is 1. The molecule has 3 aromatic rings. The van der Waals surface area contributed by atoms with Crippen LogP contribution in [-0.2, 0) is 6.61 Å². The zero-order chi connectivity index (χ0) is 13.2. The molecule has 0 saturated carbocycles. The van der Waals surface area contributed by atoms with Crippen LogP contribution in [0.4, 0.5) is 0 Å². The van der Waals surface area contributed by atoms with Crippen LogP contribution in [0.15, 0.2) is 48.7 Å². The van der Waals surface area contributed by atoms with Gasteiger partial charge in [-0.15, -0.1) is 0 Å². The summed E-state index contributed by atoms with van der Waals surface area (Å²) < 4.78 is 5.85. The van der Waals surface area contributed by atoms with Crippen LogP contribution in [0.3, 0.4) is 0 Å². The molecular formula is C17H17NO. The third kappa shape index (κ3) is 2.34. The SMILES string of the molecule is Cc1ccc(OCc2c[nH]c3cccc(C)c23)cc1. The monoisotopic (exact) mass is 251 g/mol. The number of H-pyrrole nitrogens is 1. The Kier molecular flexibility index (Phi) is 3.00. The standard InChI is InChI=1S/C17H17NO/c1-12-6-8-15(9-7-12)19-11-14-10-18-16-5-3-4-13(2)17(14)16/h3-10,18H,11H2,1-2H3. The minimum atomic E-state index is 0.591.